The maximum atomic E-state index is 11.8. The Morgan fingerprint density at radius 3 is 2.41 bits per heavy atom. The van der Waals surface area contributed by atoms with Gasteiger partial charge in [-0.3, -0.25) is 14.9 Å². The van der Waals surface area contributed by atoms with E-state index in [0.717, 1.165) is 5.56 Å². The topological polar surface area (TPSA) is 69.4 Å². The zero-order valence-electron chi connectivity index (χ0n) is 12.5. The lowest BCUT2D eigenvalue weighted by molar-refractivity contribution is -0.385. The molecule has 0 radical (unpaired) electrons. The minimum atomic E-state index is -0.460. The van der Waals surface area contributed by atoms with E-state index < -0.39 is 4.92 Å². The number of carbonyl (C=O) groups is 1. The molecular formula is C17H17NO4. The molecule has 114 valence electrons. The highest BCUT2D eigenvalue weighted by Crippen LogP contribution is 2.23. The highest BCUT2D eigenvalue weighted by Gasteiger charge is 2.12. The number of rotatable bonds is 5. The van der Waals surface area contributed by atoms with Gasteiger partial charge in [0.25, 0.3) is 5.69 Å². The summed E-state index contributed by atoms with van der Waals surface area (Å²) in [7, 11) is 0. The number of carbonyl (C=O) groups excluding carboxylic acids is 1. The molecule has 0 aliphatic carbocycles. The van der Waals surface area contributed by atoms with Crippen LogP contribution >= 0.6 is 0 Å². The molecule has 0 N–H and O–H groups in total. The van der Waals surface area contributed by atoms with E-state index in [1.807, 2.05) is 31.2 Å². The summed E-state index contributed by atoms with van der Waals surface area (Å²) in [6.07, 6.45) is 0.865. The highest BCUT2D eigenvalue weighted by atomic mass is 16.6. The Kier molecular flexibility index (Phi) is 4.88. The van der Waals surface area contributed by atoms with Crippen LogP contribution in [-0.2, 0) is 11.2 Å². The van der Waals surface area contributed by atoms with Crippen molar-refractivity contribution in [2.45, 2.75) is 26.7 Å². The lowest BCUT2D eigenvalue weighted by Crippen LogP contribution is -2.09. The molecule has 0 unspecified atom stereocenters. The summed E-state index contributed by atoms with van der Waals surface area (Å²) in [6.45, 7) is 3.62. The number of benzene rings is 2. The molecule has 0 heterocycles. The molecule has 0 atom stereocenters. The summed E-state index contributed by atoms with van der Waals surface area (Å²) in [6, 6.07) is 12.3. The summed E-state index contributed by atoms with van der Waals surface area (Å²) in [5, 5.41) is 10.7. The molecule has 22 heavy (non-hydrogen) atoms. The van der Waals surface area contributed by atoms with Crippen LogP contribution in [0.1, 0.15) is 23.1 Å². The first-order valence-corrected chi connectivity index (χ1v) is 6.97. The number of nitro benzene ring substituents is 1. The Hall–Kier alpha value is -2.69. The Morgan fingerprint density at radius 1 is 1.14 bits per heavy atom. The standard InChI is InChI=1S/C17H17NO4/c1-12-3-5-14(6-4-12)7-10-17(19)22-15-8-9-16(18(20)21)13(2)11-15/h3-6,8-9,11H,7,10H2,1-2H3. The SMILES string of the molecule is Cc1ccc(CCC(=O)Oc2ccc([N+](=O)[O-])c(C)c2)cc1. The maximum Gasteiger partial charge on any atom is 0.311 e. The molecule has 0 bridgehead atoms. The van der Waals surface area contributed by atoms with Crippen molar-refractivity contribution in [2.75, 3.05) is 0 Å². The van der Waals surface area contributed by atoms with E-state index in [1.54, 1.807) is 6.92 Å². The summed E-state index contributed by atoms with van der Waals surface area (Å²) < 4.78 is 5.21. The molecule has 5 nitrogen and oxygen atoms in total. The summed E-state index contributed by atoms with van der Waals surface area (Å²) in [5.41, 5.74) is 2.73. The molecule has 0 aliphatic heterocycles. The number of hydrogen-bond acceptors (Lipinski definition) is 4. The van der Waals surface area contributed by atoms with Gasteiger partial charge in [-0.25, -0.2) is 0 Å². The highest BCUT2D eigenvalue weighted by molar-refractivity contribution is 5.72. The fraction of sp³-hybridized carbons (Fsp3) is 0.235. The lowest BCUT2D eigenvalue weighted by Gasteiger charge is -2.06. The van der Waals surface area contributed by atoms with Crippen LogP contribution in [0.2, 0.25) is 0 Å². The van der Waals surface area contributed by atoms with Crippen molar-refractivity contribution in [1.29, 1.82) is 0 Å². The van der Waals surface area contributed by atoms with E-state index in [9.17, 15) is 14.9 Å². The van der Waals surface area contributed by atoms with Crippen LogP contribution in [0.3, 0.4) is 0 Å². The maximum absolute atomic E-state index is 11.8. The van der Waals surface area contributed by atoms with Crippen molar-refractivity contribution in [1.82, 2.24) is 0 Å². The molecule has 5 heteroatoms. The molecule has 0 saturated heterocycles. The molecule has 0 aromatic heterocycles. The number of ether oxygens (including phenoxy) is 1. The number of esters is 1. The number of nitro groups is 1. The molecule has 0 aliphatic rings. The summed E-state index contributed by atoms with van der Waals surface area (Å²) in [5.74, 6) is -0.0224. The monoisotopic (exact) mass is 299 g/mol. The van der Waals surface area contributed by atoms with E-state index in [0.29, 0.717) is 17.7 Å². The van der Waals surface area contributed by atoms with E-state index in [1.165, 1.54) is 23.8 Å². The smallest absolute Gasteiger partial charge is 0.311 e. The third-order valence-corrected chi connectivity index (χ3v) is 3.34. The zero-order chi connectivity index (χ0) is 16.1. The quantitative estimate of drug-likeness (QED) is 0.365. The molecule has 0 amide bonds. The van der Waals surface area contributed by atoms with Gasteiger partial charge in [0.1, 0.15) is 5.75 Å². The summed E-state index contributed by atoms with van der Waals surface area (Å²) >= 11 is 0. The van der Waals surface area contributed by atoms with Crippen molar-refractivity contribution in [3.63, 3.8) is 0 Å². The van der Waals surface area contributed by atoms with Crippen molar-refractivity contribution < 1.29 is 14.5 Å². The van der Waals surface area contributed by atoms with Gasteiger partial charge in [-0.1, -0.05) is 29.8 Å². The number of nitrogens with zero attached hydrogens (tertiary/aromatic N) is 1. The van der Waals surface area contributed by atoms with E-state index in [2.05, 4.69) is 0 Å². The van der Waals surface area contributed by atoms with Crippen LogP contribution in [0.15, 0.2) is 42.5 Å². The minimum Gasteiger partial charge on any atom is -0.427 e. The van der Waals surface area contributed by atoms with Gasteiger partial charge >= 0.3 is 5.97 Å². The predicted molar refractivity (Wildman–Crippen MR) is 83.0 cm³/mol. The van der Waals surface area contributed by atoms with Crippen LogP contribution < -0.4 is 4.74 Å². The van der Waals surface area contributed by atoms with Crippen LogP contribution in [-0.4, -0.2) is 10.9 Å². The minimum absolute atomic E-state index is 0.0134. The van der Waals surface area contributed by atoms with Crippen LogP contribution in [0.5, 0.6) is 5.75 Å². The molecular weight excluding hydrogens is 282 g/mol. The fourth-order valence-electron chi connectivity index (χ4n) is 2.08. The second-order valence-corrected chi connectivity index (χ2v) is 5.17. The molecule has 2 aromatic rings. The summed E-state index contributed by atoms with van der Waals surface area (Å²) in [4.78, 5) is 22.1. The largest absolute Gasteiger partial charge is 0.427 e. The average molecular weight is 299 g/mol. The Bertz CT molecular complexity index is 692. The van der Waals surface area contributed by atoms with Gasteiger partial charge in [-0.05, 0) is 38.0 Å². The first-order valence-electron chi connectivity index (χ1n) is 6.97. The molecule has 0 spiro atoms. The van der Waals surface area contributed by atoms with Gasteiger partial charge in [0, 0.05) is 18.1 Å². The third-order valence-electron chi connectivity index (χ3n) is 3.34. The van der Waals surface area contributed by atoms with E-state index in [-0.39, 0.29) is 18.1 Å². The first kappa shape index (κ1) is 15.7. The number of hydrogen-bond donors (Lipinski definition) is 0. The van der Waals surface area contributed by atoms with Crippen LogP contribution in [0.25, 0.3) is 0 Å². The van der Waals surface area contributed by atoms with Gasteiger partial charge in [-0.2, -0.15) is 0 Å². The Morgan fingerprint density at radius 2 is 1.82 bits per heavy atom. The Balaban J connectivity index is 1.93. The zero-order valence-corrected chi connectivity index (χ0v) is 12.5. The van der Waals surface area contributed by atoms with Crippen molar-refractivity contribution in [3.05, 3.63) is 69.3 Å². The van der Waals surface area contributed by atoms with Crippen LogP contribution in [0.4, 0.5) is 5.69 Å². The normalized spacial score (nSPS) is 10.3. The van der Waals surface area contributed by atoms with Gasteiger partial charge in [-0.15, -0.1) is 0 Å². The third kappa shape index (κ3) is 4.15. The second-order valence-electron chi connectivity index (χ2n) is 5.17. The van der Waals surface area contributed by atoms with Gasteiger partial charge in [0.2, 0.25) is 0 Å². The average Bonchev–Trinajstić information content (AvgIpc) is 2.46. The van der Waals surface area contributed by atoms with Gasteiger partial charge < -0.3 is 4.74 Å². The Labute approximate surface area is 128 Å². The van der Waals surface area contributed by atoms with Crippen molar-refractivity contribution in [2.24, 2.45) is 0 Å². The predicted octanol–water partition coefficient (Wildman–Crippen LogP) is 3.75. The van der Waals surface area contributed by atoms with Gasteiger partial charge in [0.05, 0.1) is 4.92 Å². The van der Waals surface area contributed by atoms with Gasteiger partial charge in [0.15, 0.2) is 0 Å². The van der Waals surface area contributed by atoms with Crippen molar-refractivity contribution >= 4 is 11.7 Å². The lowest BCUT2D eigenvalue weighted by atomic mass is 10.1. The molecule has 2 rings (SSSR count). The molecule has 2 aromatic carbocycles. The van der Waals surface area contributed by atoms with Crippen molar-refractivity contribution in [3.8, 4) is 5.75 Å². The van der Waals surface area contributed by atoms with Crippen LogP contribution in [0, 0.1) is 24.0 Å². The second kappa shape index (κ2) is 6.85. The first-order chi connectivity index (χ1) is 10.5. The fourth-order valence-corrected chi connectivity index (χ4v) is 2.08. The van der Waals surface area contributed by atoms with E-state index >= 15 is 0 Å². The molecule has 0 fully saturated rings. The van der Waals surface area contributed by atoms with E-state index in [4.69, 9.17) is 4.74 Å². The number of aryl methyl sites for hydroxylation is 3. The molecule has 0 saturated carbocycles.